The Morgan fingerprint density at radius 1 is 0.914 bits per heavy atom. The molecule has 1 aromatic heterocycles. The molecule has 35 heavy (non-hydrogen) atoms. The van der Waals surface area contributed by atoms with Gasteiger partial charge in [-0.3, -0.25) is 10.1 Å². The second-order valence-corrected chi connectivity index (χ2v) is 12.4. The maximum atomic E-state index is 12.6. The summed E-state index contributed by atoms with van der Waals surface area (Å²) < 4.78 is 56.4. The Hall–Kier alpha value is -3.09. The predicted molar refractivity (Wildman–Crippen MR) is 130 cm³/mol. The second kappa shape index (κ2) is 10.7. The summed E-state index contributed by atoms with van der Waals surface area (Å²) in [6.45, 7) is 7.46. The summed E-state index contributed by atoms with van der Waals surface area (Å²) in [4.78, 5) is 12.9. The summed E-state index contributed by atoms with van der Waals surface area (Å²) >= 11 is 0. The van der Waals surface area contributed by atoms with Crippen LogP contribution < -0.4 is 5.32 Å². The van der Waals surface area contributed by atoms with Gasteiger partial charge in [0.1, 0.15) is 0 Å². The number of aromatic nitrogens is 2. The van der Waals surface area contributed by atoms with Crippen molar-refractivity contribution in [2.75, 3.05) is 18.4 Å². The summed E-state index contributed by atoms with van der Waals surface area (Å²) in [7, 11) is -6.97. The number of carbonyl (C=O) groups is 1. The molecule has 10 nitrogen and oxygen atoms in total. The van der Waals surface area contributed by atoms with Crippen LogP contribution in [-0.4, -0.2) is 55.6 Å². The summed E-state index contributed by atoms with van der Waals surface area (Å²) in [6, 6.07) is 11.9. The van der Waals surface area contributed by atoms with Crippen LogP contribution in [0.15, 0.2) is 62.7 Å². The molecule has 1 heterocycles. The first-order valence-corrected chi connectivity index (χ1v) is 14.0. The van der Waals surface area contributed by atoms with Crippen LogP contribution in [0.25, 0.3) is 0 Å². The maximum Gasteiger partial charge on any atom is 0.322 e. The monoisotopic (exact) mass is 520 g/mol. The zero-order valence-electron chi connectivity index (χ0n) is 19.9. The summed E-state index contributed by atoms with van der Waals surface area (Å²) in [5.41, 5.74) is 0.990. The molecule has 0 aliphatic carbocycles. The van der Waals surface area contributed by atoms with Gasteiger partial charge in [0.25, 0.3) is 5.91 Å². The van der Waals surface area contributed by atoms with Gasteiger partial charge in [0.2, 0.25) is 15.9 Å². The molecule has 2 aromatic carbocycles. The molecule has 0 aliphatic rings. The lowest BCUT2D eigenvalue weighted by atomic mass is 10.1. The van der Waals surface area contributed by atoms with Crippen molar-refractivity contribution in [2.24, 2.45) is 0 Å². The third kappa shape index (κ3) is 5.95. The SMILES string of the molecule is CCN(CC)S(=O)(=O)c1ccc(C(=O)Nc2nnc(Cc3ccc(S(=O)(=O)C(C)C)cc3)o2)cc1. The van der Waals surface area contributed by atoms with Crippen LogP contribution in [0.2, 0.25) is 0 Å². The Morgan fingerprint density at radius 2 is 1.49 bits per heavy atom. The minimum atomic E-state index is -3.62. The van der Waals surface area contributed by atoms with Crippen molar-refractivity contribution in [1.29, 1.82) is 0 Å². The fourth-order valence-electron chi connectivity index (χ4n) is 3.28. The molecule has 0 bridgehead atoms. The van der Waals surface area contributed by atoms with E-state index in [1.807, 2.05) is 0 Å². The second-order valence-electron chi connectivity index (χ2n) is 7.98. The lowest BCUT2D eigenvalue weighted by Crippen LogP contribution is -2.30. The van der Waals surface area contributed by atoms with Crippen LogP contribution >= 0.6 is 0 Å². The highest BCUT2D eigenvalue weighted by atomic mass is 32.2. The number of amides is 1. The molecule has 0 aliphatic heterocycles. The summed E-state index contributed by atoms with van der Waals surface area (Å²) in [5, 5.41) is 9.70. The van der Waals surface area contributed by atoms with Gasteiger partial charge in [0.05, 0.1) is 21.5 Å². The number of nitrogens with one attached hydrogen (secondary N) is 1. The highest BCUT2D eigenvalue weighted by molar-refractivity contribution is 7.92. The minimum Gasteiger partial charge on any atom is -0.407 e. The molecule has 0 saturated heterocycles. The Morgan fingerprint density at radius 3 is 2.03 bits per heavy atom. The minimum absolute atomic E-state index is 0.102. The molecule has 1 N–H and O–H groups in total. The van der Waals surface area contributed by atoms with Gasteiger partial charge in [-0.1, -0.05) is 31.1 Å². The van der Waals surface area contributed by atoms with Gasteiger partial charge in [-0.05, 0) is 55.8 Å². The predicted octanol–water partition coefficient (Wildman–Crippen LogP) is 3.13. The Labute approximate surface area is 205 Å². The van der Waals surface area contributed by atoms with E-state index in [9.17, 15) is 21.6 Å². The molecule has 0 spiro atoms. The van der Waals surface area contributed by atoms with Crippen LogP contribution in [0.1, 0.15) is 49.5 Å². The first-order chi connectivity index (χ1) is 16.5. The zero-order chi connectivity index (χ0) is 25.8. The van der Waals surface area contributed by atoms with Crippen molar-refractivity contribution in [2.45, 2.75) is 49.2 Å². The lowest BCUT2D eigenvalue weighted by molar-refractivity contribution is 0.102. The van der Waals surface area contributed by atoms with E-state index in [4.69, 9.17) is 4.42 Å². The van der Waals surface area contributed by atoms with Crippen molar-refractivity contribution in [1.82, 2.24) is 14.5 Å². The molecule has 0 fully saturated rings. The first-order valence-electron chi connectivity index (χ1n) is 11.1. The molecule has 0 atom stereocenters. The molecule has 3 aromatic rings. The van der Waals surface area contributed by atoms with Crippen molar-refractivity contribution in [3.05, 3.63) is 65.5 Å². The lowest BCUT2D eigenvalue weighted by Gasteiger charge is -2.18. The van der Waals surface area contributed by atoms with E-state index in [1.165, 1.54) is 40.7 Å². The number of rotatable bonds is 10. The number of carbonyl (C=O) groups excluding carboxylic acids is 1. The maximum absolute atomic E-state index is 12.6. The van der Waals surface area contributed by atoms with Crippen LogP contribution in [0.4, 0.5) is 6.01 Å². The van der Waals surface area contributed by atoms with Crippen LogP contribution in [0, 0.1) is 0 Å². The molecule has 188 valence electrons. The van der Waals surface area contributed by atoms with Crippen LogP contribution in [-0.2, 0) is 26.3 Å². The highest BCUT2D eigenvalue weighted by Gasteiger charge is 2.22. The van der Waals surface area contributed by atoms with E-state index >= 15 is 0 Å². The van der Waals surface area contributed by atoms with Crippen molar-refractivity contribution >= 4 is 31.8 Å². The van der Waals surface area contributed by atoms with E-state index in [0.717, 1.165) is 5.56 Å². The number of hydrogen-bond donors (Lipinski definition) is 1. The number of nitrogens with zero attached hydrogens (tertiary/aromatic N) is 3. The molecular weight excluding hydrogens is 492 g/mol. The van der Waals surface area contributed by atoms with Gasteiger partial charge in [-0.15, -0.1) is 5.10 Å². The first kappa shape index (κ1) is 26.5. The quantitative estimate of drug-likeness (QED) is 0.430. The van der Waals surface area contributed by atoms with E-state index in [0.29, 0.717) is 13.1 Å². The standard InChI is InChI=1S/C23H28N4O6S2/c1-5-27(6-2)35(31,32)20-13-9-18(10-14-20)22(28)24-23-26-25-21(33-23)15-17-7-11-19(12-8-17)34(29,30)16(3)4/h7-14,16H,5-6,15H2,1-4H3,(H,24,26,28). The van der Waals surface area contributed by atoms with Gasteiger partial charge >= 0.3 is 6.01 Å². The average molecular weight is 521 g/mol. The molecule has 3 rings (SSSR count). The fraction of sp³-hybridized carbons (Fsp3) is 0.348. The topological polar surface area (TPSA) is 140 Å². The molecular formula is C23H28N4O6S2. The molecule has 0 saturated carbocycles. The number of sulfonamides is 1. The largest absolute Gasteiger partial charge is 0.407 e. The van der Waals surface area contributed by atoms with E-state index in [1.54, 1.807) is 39.8 Å². The molecule has 1 amide bonds. The van der Waals surface area contributed by atoms with Crippen molar-refractivity contribution < 1.29 is 26.0 Å². The highest BCUT2D eigenvalue weighted by Crippen LogP contribution is 2.19. The fourth-order valence-corrected chi connectivity index (χ4v) is 5.80. The van der Waals surface area contributed by atoms with E-state index in [2.05, 4.69) is 15.5 Å². The van der Waals surface area contributed by atoms with Crippen LogP contribution in [0.5, 0.6) is 0 Å². The van der Waals surface area contributed by atoms with Crippen LogP contribution in [0.3, 0.4) is 0 Å². The third-order valence-corrected chi connectivity index (χ3v) is 9.61. The number of anilines is 1. The average Bonchev–Trinajstić information content (AvgIpc) is 3.26. The molecule has 12 heteroatoms. The molecule has 0 unspecified atom stereocenters. The van der Waals surface area contributed by atoms with Gasteiger partial charge < -0.3 is 4.42 Å². The normalized spacial score (nSPS) is 12.3. The third-order valence-electron chi connectivity index (χ3n) is 5.37. The Kier molecular flexibility index (Phi) is 8.08. The van der Waals surface area contributed by atoms with E-state index in [-0.39, 0.29) is 33.7 Å². The van der Waals surface area contributed by atoms with Gasteiger partial charge in [-0.25, -0.2) is 16.8 Å². The van der Waals surface area contributed by atoms with Crippen molar-refractivity contribution in [3.8, 4) is 0 Å². The van der Waals surface area contributed by atoms with Gasteiger partial charge in [0, 0.05) is 18.7 Å². The smallest absolute Gasteiger partial charge is 0.322 e. The number of sulfone groups is 1. The Balaban J connectivity index is 1.65. The van der Waals surface area contributed by atoms with Gasteiger partial charge in [0.15, 0.2) is 9.84 Å². The Bertz CT molecular complexity index is 1380. The summed E-state index contributed by atoms with van der Waals surface area (Å²) in [6.07, 6.45) is 0.253. The van der Waals surface area contributed by atoms with E-state index < -0.39 is 31.0 Å². The number of hydrogen-bond acceptors (Lipinski definition) is 8. The van der Waals surface area contributed by atoms with Crippen molar-refractivity contribution in [3.63, 3.8) is 0 Å². The summed E-state index contributed by atoms with van der Waals surface area (Å²) in [5.74, 6) is -0.296. The van der Waals surface area contributed by atoms with Gasteiger partial charge in [-0.2, -0.15) is 4.31 Å². The zero-order valence-corrected chi connectivity index (χ0v) is 21.6. The number of benzene rings is 2. The molecule has 0 radical (unpaired) electrons.